The molecule has 2 aromatic rings. The van der Waals surface area contributed by atoms with Gasteiger partial charge in [0.05, 0.1) is 12.2 Å². The number of fused-ring (bicyclic) bond motifs is 3. The standard InChI is InChI=1S/C13H12F6N4O/c1-6-4-22-5-8(12(14,15)16)21-9(22)7-3-20-10(23(6)7)11(2,24)13(17,18)19/h3,5-6,24H,4H2,1-2H3/t6-,11+/m0/s1. The van der Waals surface area contributed by atoms with Gasteiger partial charge in [-0.15, -0.1) is 0 Å². The minimum atomic E-state index is -4.99. The lowest BCUT2D eigenvalue weighted by molar-refractivity contribution is -0.262. The van der Waals surface area contributed by atoms with Crippen LogP contribution in [0.4, 0.5) is 26.3 Å². The second-order valence-electron chi connectivity index (χ2n) is 5.86. The predicted molar refractivity (Wildman–Crippen MR) is 68.8 cm³/mol. The number of aliphatic hydroxyl groups is 1. The van der Waals surface area contributed by atoms with Gasteiger partial charge in [-0.1, -0.05) is 0 Å². The van der Waals surface area contributed by atoms with E-state index in [4.69, 9.17) is 0 Å². The van der Waals surface area contributed by atoms with Gasteiger partial charge in [0.25, 0.3) is 0 Å². The molecule has 11 heteroatoms. The molecule has 3 heterocycles. The summed E-state index contributed by atoms with van der Waals surface area (Å²) in [4.78, 5) is 7.08. The third-order valence-electron chi connectivity index (χ3n) is 3.98. The van der Waals surface area contributed by atoms with E-state index in [2.05, 4.69) is 9.97 Å². The molecule has 0 fully saturated rings. The summed E-state index contributed by atoms with van der Waals surface area (Å²) in [5.74, 6) is -0.822. The molecule has 0 aromatic carbocycles. The maximum absolute atomic E-state index is 13.1. The molecule has 1 aliphatic heterocycles. The van der Waals surface area contributed by atoms with Crippen LogP contribution in [-0.4, -0.2) is 30.4 Å². The van der Waals surface area contributed by atoms with E-state index < -0.39 is 35.5 Å². The summed E-state index contributed by atoms with van der Waals surface area (Å²) in [6, 6.07) is -0.644. The quantitative estimate of drug-likeness (QED) is 0.801. The highest BCUT2D eigenvalue weighted by molar-refractivity contribution is 5.53. The summed E-state index contributed by atoms with van der Waals surface area (Å²) in [5.41, 5.74) is -4.38. The minimum Gasteiger partial charge on any atom is -0.374 e. The third kappa shape index (κ3) is 2.29. The lowest BCUT2D eigenvalue weighted by Crippen LogP contribution is -2.42. The number of rotatable bonds is 1. The molecule has 0 saturated carbocycles. The van der Waals surface area contributed by atoms with Gasteiger partial charge in [0.2, 0.25) is 5.60 Å². The number of alkyl halides is 6. The van der Waals surface area contributed by atoms with Crippen LogP contribution in [0.15, 0.2) is 12.4 Å². The zero-order valence-corrected chi connectivity index (χ0v) is 12.4. The number of hydrogen-bond acceptors (Lipinski definition) is 3. The first-order valence-corrected chi connectivity index (χ1v) is 6.85. The maximum Gasteiger partial charge on any atom is 0.434 e. The zero-order valence-electron chi connectivity index (χ0n) is 12.4. The lowest BCUT2D eigenvalue weighted by atomic mass is 10.0. The number of halogens is 6. The molecule has 5 nitrogen and oxygen atoms in total. The van der Waals surface area contributed by atoms with Crippen LogP contribution in [0.2, 0.25) is 0 Å². The molecule has 2 aromatic heterocycles. The molecule has 0 unspecified atom stereocenters. The van der Waals surface area contributed by atoms with Crippen molar-refractivity contribution < 1.29 is 31.4 Å². The first kappa shape index (κ1) is 16.8. The molecule has 0 aliphatic carbocycles. The minimum absolute atomic E-state index is 0.0104. The highest BCUT2D eigenvalue weighted by atomic mass is 19.4. The summed E-state index contributed by atoms with van der Waals surface area (Å²) in [6.07, 6.45) is -7.86. The molecule has 3 rings (SSSR count). The van der Waals surface area contributed by atoms with Crippen LogP contribution in [0.3, 0.4) is 0 Å². The Labute approximate surface area is 131 Å². The fourth-order valence-electron chi connectivity index (χ4n) is 2.72. The van der Waals surface area contributed by atoms with Crippen LogP contribution in [0.5, 0.6) is 0 Å². The largest absolute Gasteiger partial charge is 0.434 e. The summed E-state index contributed by atoms with van der Waals surface area (Å²) in [6.45, 7) is 2.05. The average molecular weight is 354 g/mol. The van der Waals surface area contributed by atoms with Crippen LogP contribution in [0.1, 0.15) is 31.4 Å². The zero-order chi connectivity index (χ0) is 18.1. The van der Waals surface area contributed by atoms with Crippen molar-refractivity contribution in [2.45, 2.75) is 44.4 Å². The first-order chi connectivity index (χ1) is 10.8. The van der Waals surface area contributed by atoms with Crippen LogP contribution >= 0.6 is 0 Å². The number of imidazole rings is 2. The highest BCUT2D eigenvalue weighted by Gasteiger charge is 2.55. The van der Waals surface area contributed by atoms with E-state index >= 15 is 0 Å². The van der Waals surface area contributed by atoms with Crippen LogP contribution in [-0.2, 0) is 18.3 Å². The Morgan fingerprint density at radius 1 is 1.21 bits per heavy atom. The van der Waals surface area contributed by atoms with Crippen molar-refractivity contribution in [2.75, 3.05) is 0 Å². The molecule has 0 saturated heterocycles. The molecule has 1 N–H and O–H groups in total. The highest BCUT2D eigenvalue weighted by Crippen LogP contribution is 2.42. The van der Waals surface area contributed by atoms with E-state index in [9.17, 15) is 31.4 Å². The molecular weight excluding hydrogens is 342 g/mol. The molecule has 0 bridgehead atoms. The SMILES string of the molecule is C[C@H]1Cn2cc(C(F)(F)F)nc2-c2cnc([C@@](C)(O)C(F)(F)F)n21. The Morgan fingerprint density at radius 2 is 1.83 bits per heavy atom. The Bertz CT molecular complexity index is 785. The summed E-state index contributed by atoms with van der Waals surface area (Å²) in [5, 5.41) is 9.85. The number of aromatic nitrogens is 4. The van der Waals surface area contributed by atoms with Gasteiger partial charge in [-0.2, -0.15) is 26.3 Å². The molecule has 2 atom stereocenters. The van der Waals surface area contributed by atoms with Gasteiger partial charge in [0.15, 0.2) is 17.3 Å². The van der Waals surface area contributed by atoms with Gasteiger partial charge in [-0.25, -0.2) is 9.97 Å². The van der Waals surface area contributed by atoms with Crippen molar-refractivity contribution in [3.8, 4) is 11.5 Å². The van der Waals surface area contributed by atoms with Crippen LogP contribution in [0.25, 0.3) is 11.5 Å². The smallest absolute Gasteiger partial charge is 0.374 e. The summed E-state index contributed by atoms with van der Waals surface area (Å²) in [7, 11) is 0. The molecule has 0 radical (unpaired) electrons. The second kappa shape index (κ2) is 4.74. The van der Waals surface area contributed by atoms with E-state index in [0.29, 0.717) is 6.92 Å². The van der Waals surface area contributed by atoms with E-state index in [-0.39, 0.29) is 18.1 Å². The van der Waals surface area contributed by atoms with Gasteiger partial charge in [-0.05, 0) is 13.8 Å². The Hall–Kier alpha value is -2.04. The topological polar surface area (TPSA) is 55.9 Å². The summed E-state index contributed by atoms with van der Waals surface area (Å²) >= 11 is 0. The van der Waals surface area contributed by atoms with Crippen molar-refractivity contribution in [2.24, 2.45) is 0 Å². The fraction of sp³-hybridized carbons (Fsp3) is 0.538. The molecule has 0 spiro atoms. The van der Waals surface area contributed by atoms with Crippen LogP contribution in [0, 0.1) is 0 Å². The Morgan fingerprint density at radius 3 is 2.38 bits per heavy atom. The van der Waals surface area contributed by atoms with E-state index in [1.807, 2.05) is 0 Å². The Kier molecular flexibility index (Phi) is 3.32. The molecular formula is C13H12F6N4O. The van der Waals surface area contributed by atoms with Crippen molar-refractivity contribution in [3.05, 3.63) is 23.9 Å². The molecule has 1 aliphatic rings. The monoisotopic (exact) mass is 354 g/mol. The fourth-order valence-corrected chi connectivity index (χ4v) is 2.72. The van der Waals surface area contributed by atoms with Crippen molar-refractivity contribution in [3.63, 3.8) is 0 Å². The Balaban J connectivity index is 2.18. The normalized spacial score (nSPS) is 20.5. The lowest BCUT2D eigenvalue weighted by Gasteiger charge is -2.31. The average Bonchev–Trinajstić information content (AvgIpc) is 2.99. The third-order valence-corrected chi connectivity index (χ3v) is 3.98. The second-order valence-corrected chi connectivity index (χ2v) is 5.86. The van der Waals surface area contributed by atoms with Gasteiger partial charge < -0.3 is 14.2 Å². The number of hydrogen-bond donors (Lipinski definition) is 1. The van der Waals surface area contributed by atoms with Crippen molar-refractivity contribution in [1.82, 2.24) is 19.1 Å². The predicted octanol–water partition coefficient (Wildman–Crippen LogP) is 3.11. The van der Waals surface area contributed by atoms with E-state index in [1.54, 1.807) is 0 Å². The maximum atomic E-state index is 13.1. The van der Waals surface area contributed by atoms with Gasteiger partial charge >= 0.3 is 12.4 Å². The molecule has 0 amide bonds. The first-order valence-electron chi connectivity index (χ1n) is 6.85. The van der Waals surface area contributed by atoms with Crippen molar-refractivity contribution in [1.29, 1.82) is 0 Å². The van der Waals surface area contributed by atoms with Crippen LogP contribution < -0.4 is 0 Å². The van der Waals surface area contributed by atoms with Crippen molar-refractivity contribution >= 4 is 0 Å². The molecule has 24 heavy (non-hydrogen) atoms. The molecule has 132 valence electrons. The van der Waals surface area contributed by atoms with Gasteiger partial charge in [-0.3, -0.25) is 0 Å². The van der Waals surface area contributed by atoms with E-state index in [0.717, 1.165) is 17.0 Å². The summed E-state index contributed by atoms with van der Waals surface area (Å²) < 4.78 is 80.0. The van der Waals surface area contributed by atoms with Gasteiger partial charge in [0, 0.05) is 12.7 Å². The number of nitrogens with zero attached hydrogens (tertiary/aromatic N) is 4. The van der Waals surface area contributed by atoms with E-state index in [1.165, 1.54) is 11.5 Å². The van der Waals surface area contributed by atoms with Gasteiger partial charge in [0.1, 0.15) is 5.69 Å².